The fourth-order valence-electron chi connectivity index (χ4n) is 1.63. The molecule has 18 heavy (non-hydrogen) atoms. The van der Waals surface area contributed by atoms with Crippen LogP contribution in [0.2, 0.25) is 5.02 Å². The Bertz CT molecular complexity index is 415. The second kappa shape index (κ2) is 6.16. The fourth-order valence-corrected chi connectivity index (χ4v) is 1.85. The number of nitrogens with zero attached hydrogens (tertiary/aromatic N) is 1. The van der Waals surface area contributed by atoms with E-state index < -0.39 is 11.9 Å². The summed E-state index contributed by atoms with van der Waals surface area (Å²) in [5.41, 5.74) is 5.91. The molecule has 0 aliphatic carbocycles. The van der Waals surface area contributed by atoms with Crippen molar-refractivity contribution in [1.29, 1.82) is 0 Å². The molecule has 1 atom stereocenters. The average Bonchev–Trinajstić information content (AvgIpc) is 2.27. The Morgan fingerprint density at radius 2 is 2.06 bits per heavy atom. The smallest absolute Gasteiger partial charge is 0.239 e. The van der Waals surface area contributed by atoms with Crippen LogP contribution in [0.15, 0.2) is 18.2 Å². The molecule has 0 aliphatic rings. The molecule has 0 bridgehead atoms. The Balaban J connectivity index is 3.01. The van der Waals surface area contributed by atoms with Gasteiger partial charge in [0.05, 0.1) is 12.6 Å². The van der Waals surface area contributed by atoms with Crippen molar-refractivity contribution in [2.45, 2.75) is 39.4 Å². The van der Waals surface area contributed by atoms with E-state index >= 15 is 0 Å². The minimum atomic E-state index is -0.613. The van der Waals surface area contributed by atoms with Crippen LogP contribution >= 0.6 is 11.6 Å². The van der Waals surface area contributed by atoms with Gasteiger partial charge >= 0.3 is 0 Å². The third kappa shape index (κ3) is 3.43. The zero-order valence-corrected chi connectivity index (χ0v) is 11.5. The van der Waals surface area contributed by atoms with Gasteiger partial charge in [0.25, 0.3) is 0 Å². The summed E-state index contributed by atoms with van der Waals surface area (Å²) in [6.07, 6.45) is 0. The van der Waals surface area contributed by atoms with Crippen LogP contribution in [0.3, 0.4) is 0 Å². The molecule has 1 aromatic carbocycles. The van der Waals surface area contributed by atoms with Crippen LogP contribution < -0.4 is 5.73 Å². The van der Waals surface area contributed by atoms with Gasteiger partial charge in [0.2, 0.25) is 5.91 Å². The maximum atomic E-state index is 13.7. The van der Waals surface area contributed by atoms with Gasteiger partial charge in [-0.1, -0.05) is 17.7 Å². The number of carbonyl (C=O) groups excluding carboxylic acids is 1. The number of carbonyl (C=O) groups is 1. The SMILES string of the molecule is CC(N)C(=O)N(Cc1c(F)cccc1Cl)C(C)C. The zero-order chi connectivity index (χ0) is 13.9. The third-order valence-electron chi connectivity index (χ3n) is 2.69. The van der Waals surface area contributed by atoms with Gasteiger partial charge in [-0.2, -0.15) is 0 Å². The van der Waals surface area contributed by atoms with Crippen molar-refractivity contribution in [3.05, 3.63) is 34.6 Å². The predicted molar refractivity (Wildman–Crippen MR) is 70.7 cm³/mol. The maximum absolute atomic E-state index is 13.7. The number of halogens is 2. The highest BCUT2D eigenvalue weighted by Gasteiger charge is 2.22. The van der Waals surface area contributed by atoms with E-state index in [0.29, 0.717) is 10.6 Å². The van der Waals surface area contributed by atoms with Crippen molar-refractivity contribution in [2.75, 3.05) is 0 Å². The Morgan fingerprint density at radius 1 is 1.44 bits per heavy atom. The molecule has 0 heterocycles. The first kappa shape index (κ1) is 14.9. The first-order chi connectivity index (χ1) is 8.34. The average molecular weight is 273 g/mol. The van der Waals surface area contributed by atoms with Crippen molar-refractivity contribution in [3.63, 3.8) is 0 Å². The molecule has 1 rings (SSSR count). The van der Waals surface area contributed by atoms with E-state index in [4.69, 9.17) is 17.3 Å². The summed E-state index contributed by atoms with van der Waals surface area (Å²) in [6.45, 7) is 5.45. The summed E-state index contributed by atoms with van der Waals surface area (Å²) in [5, 5.41) is 0.318. The minimum absolute atomic E-state index is 0.0702. The topological polar surface area (TPSA) is 46.3 Å². The second-order valence-electron chi connectivity index (χ2n) is 4.55. The largest absolute Gasteiger partial charge is 0.334 e. The first-order valence-corrected chi connectivity index (χ1v) is 6.21. The van der Waals surface area contributed by atoms with Gasteiger partial charge in [0, 0.05) is 16.6 Å². The molecule has 0 aromatic heterocycles. The molecule has 0 aliphatic heterocycles. The maximum Gasteiger partial charge on any atom is 0.239 e. The van der Waals surface area contributed by atoms with Crippen molar-refractivity contribution in [2.24, 2.45) is 5.73 Å². The summed E-state index contributed by atoms with van der Waals surface area (Å²) in [6, 6.07) is 3.79. The normalized spacial score (nSPS) is 12.6. The zero-order valence-electron chi connectivity index (χ0n) is 10.8. The lowest BCUT2D eigenvalue weighted by Crippen LogP contribution is -2.45. The summed E-state index contributed by atoms with van der Waals surface area (Å²) >= 11 is 5.95. The molecular weight excluding hydrogens is 255 g/mol. The highest BCUT2D eigenvalue weighted by molar-refractivity contribution is 6.31. The van der Waals surface area contributed by atoms with Crippen molar-refractivity contribution < 1.29 is 9.18 Å². The van der Waals surface area contributed by atoms with Crippen LogP contribution in [0.5, 0.6) is 0 Å². The van der Waals surface area contributed by atoms with E-state index in [2.05, 4.69) is 0 Å². The van der Waals surface area contributed by atoms with Gasteiger partial charge in [-0.15, -0.1) is 0 Å². The predicted octanol–water partition coefficient (Wildman–Crippen LogP) is 2.56. The number of amides is 1. The summed E-state index contributed by atoms with van der Waals surface area (Å²) < 4.78 is 13.7. The lowest BCUT2D eigenvalue weighted by atomic mass is 10.1. The van der Waals surface area contributed by atoms with E-state index in [0.717, 1.165) is 0 Å². The molecule has 2 N–H and O–H groups in total. The molecule has 0 spiro atoms. The molecule has 0 saturated heterocycles. The Labute approximate surface area is 112 Å². The van der Waals surface area contributed by atoms with Crippen LogP contribution in [-0.2, 0) is 11.3 Å². The molecule has 5 heteroatoms. The Hall–Kier alpha value is -1.13. The van der Waals surface area contributed by atoms with E-state index in [1.54, 1.807) is 13.0 Å². The van der Waals surface area contributed by atoms with Crippen molar-refractivity contribution in [3.8, 4) is 0 Å². The fraction of sp³-hybridized carbons (Fsp3) is 0.462. The summed E-state index contributed by atoms with van der Waals surface area (Å²) in [4.78, 5) is 13.5. The quantitative estimate of drug-likeness (QED) is 0.916. The molecule has 1 aromatic rings. The highest BCUT2D eigenvalue weighted by atomic mass is 35.5. The van der Waals surface area contributed by atoms with Gasteiger partial charge in [0.15, 0.2) is 0 Å². The van der Waals surface area contributed by atoms with Gasteiger partial charge in [-0.25, -0.2) is 4.39 Å². The van der Waals surface area contributed by atoms with E-state index in [-0.39, 0.29) is 18.5 Å². The van der Waals surface area contributed by atoms with Crippen LogP contribution in [0.25, 0.3) is 0 Å². The van der Waals surface area contributed by atoms with E-state index in [1.807, 2.05) is 13.8 Å². The van der Waals surface area contributed by atoms with E-state index in [1.165, 1.54) is 17.0 Å². The van der Waals surface area contributed by atoms with Crippen molar-refractivity contribution in [1.82, 2.24) is 4.90 Å². The number of hydrogen-bond acceptors (Lipinski definition) is 2. The molecule has 0 radical (unpaired) electrons. The van der Waals surface area contributed by atoms with Gasteiger partial charge < -0.3 is 10.6 Å². The Kier molecular flexibility index (Phi) is 5.11. The van der Waals surface area contributed by atoms with Gasteiger partial charge in [-0.05, 0) is 32.9 Å². The number of hydrogen-bond donors (Lipinski definition) is 1. The molecule has 0 saturated carbocycles. The monoisotopic (exact) mass is 272 g/mol. The molecular formula is C13H18ClFN2O. The van der Waals surface area contributed by atoms with Gasteiger partial charge in [-0.3, -0.25) is 4.79 Å². The molecule has 0 fully saturated rings. The molecule has 3 nitrogen and oxygen atoms in total. The Morgan fingerprint density at radius 3 is 2.50 bits per heavy atom. The third-order valence-corrected chi connectivity index (χ3v) is 3.04. The standard InChI is InChI=1S/C13H18ClFN2O/c1-8(2)17(13(18)9(3)16)7-10-11(14)5-4-6-12(10)15/h4-6,8-9H,7,16H2,1-3H3. The van der Waals surface area contributed by atoms with Crippen LogP contribution in [0.1, 0.15) is 26.3 Å². The molecule has 1 amide bonds. The number of rotatable bonds is 4. The van der Waals surface area contributed by atoms with Crippen molar-refractivity contribution >= 4 is 17.5 Å². The highest BCUT2D eigenvalue weighted by Crippen LogP contribution is 2.22. The lowest BCUT2D eigenvalue weighted by Gasteiger charge is -2.29. The first-order valence-electron chi connectivity index (χ1n) is 5.83. The molecule has 1 unspecified atom stereocenters. The second-order valence-corrected chi connectivity index (χ2v) is 4.96. The number of benzene rings is 1. The lowest BCUT2D eigenvalue weighted by molar-refractivity contribution is -0.134. The van der Waals surface area contributed by atoms with E-state index in [9.17, 15) is 9.18 Å². The van der Waals surface area contributed by atoms with Crippen LogP contribution in [0, 0.1) is 5.82 Å². The van der Waals surface area contributed by atoms with Crippen LogP contribution in [-0.4, -0.2) is 22.9 Å². The summed E-state index contributed by atoms with van der Waals surface area (Å²) in [5.74, 6) is -0.630. The van der Waals surface area contributed by atoms with Crippen LogP contribution in [0.4, 0.5) is 4.39 Å². The number of nitrogens with two attached hydrogens (primary N) is 1. The summed E-state index contributed by atoms with van der Waals surface area (Å²) in [7, 11) is 0. The molecule has 100 valence electrons. The minimum Gasteiger partial charge on any atom is -0.334 e. The van der Waals surface area contributed by atoms with Gasteiger partial charge in [0.1, 0.15) is 5.82 Å².